The van der Waals surface area contributed by atoms with E-state index in [0.717, 1.165) is 24.2 Å². The minimum Gasteiger partial charge on any atom is -0.382 e. The van der Waals surface area contributed by atoms with Gasteiger partial charge in [-0.15, -0.1) is 0 Å². The van der Waals surface area contributed by atoms with Crippen LogP contribution in [-0.2, 0) is 33.1 Å². The summed E-state index contributed by atoms with van der Waals surface area (Å²) in [4.78, 5) is 0. The highest BCUT2D eigenvalue weighted by molar-refractivity contribution is 7.88. The average molecular weight is 755 g/mol. The first kappa shape index (κ1) is 45.7. The Balaban J connectivity index is 0.000000494. The fourth-order valence-electron chi connectivity index (χ4n) is 6.03. The van der Waals surface area contributed by atoms with Crippen LogP contribution >= 0.6 is 0 Å². The van der Waals surface area contributed by atoms with Crippen molar-refractivity contribution in [2.75, 3.05) is 6.26 Å². The van der Waals surface area contributed by atoms with Crippen molar-refractivity contribution < 1.29 is 38.4 Å². The molecule has 6 nitrogen and oxygen atoms in total. The first-order chi connectivity index (χ1) is 23.1. The Kier molecular flexibility index (Phi) is 18.5. The second-order valence-corrected chi connectivity index (χ2v) is 15.7. The highest BCUT2D eigenvalue weighted by Crippen LogP contribution is 2.36. The van der Waals surface area contributed by atoms with E-state index in [0.29, 0.717) is 0 Å². The Morgan fingerprint density at radius 2 is 0.961 bits per heavy atom. The van der Waals surface area contributed by atoms with Crippen molar-refractivity contribution in [2.24, 2.45) is 11.8 Å². The highest BCUT2D eigenvalue weighted by Gasteiger charge is 2.48. The summed E-state index contributed by atoms with van der Waals surface area (Å²) in [6.07, 6.45) is 14.0. The van der Waals surface area contributed by atoms with Gasteiger partial charge in [0.25, 0.3) is 0 Å². The third-order valence-corrected chi connectivity index (χ3v) is 10.2. The van der Waals surface area contributed by atoms with Crippen LogP contribution in [0.2, 0.25) is 0 Å². The predicted octanol–water partition coefficient (Wildman–Crippen LogP) is 12.0. The summed E-state index contributed by atoms with van der Waals surface area (Å²) in [5.74, 6) is 0.896. The first-order valence-corrected chi connectivity index (χ1v) is 20.3. The summed E-state index contributed by atoms with van der Waals surface area (Å²) in [5.41, 5.74) is -2.46. The fourth-order valence-corrected chi connectivity index (χ4v) is 6.98. The molecule has 2 atom stereocenters. The minimum atomic E-state index is -5.85. The lowest BCUT2D eigenvalue weighted by Crippen LogP contribution is -2.28. The van der Waals surface area contributed by atoms with Gasteiger partial charge in [-0.1, -0.05) is 155 Å². The maximum atomic E-state index is 12.4. The molecule has 4 rings (SSSR count). The third kappa shape index (κ3) is 13.3. The lowest BCUT2D eigenvalue weighted by molar-refractivity contribution is -0.0499. The molecule has 0 aliphatic carbocycles. The standard InChI is InChI=1S/C26H40.C12H9F3O6S2.2CH4/c1-5-9-13-21(7-3)19-23-15-11-18-26-24(16-12-17-25(23)26)20-22(8-4)14-10-6-2;1-22(16,17)20-10-6-2-5-9-8(10)4-3-7-11(9)21-23(18,19)12(13,14)15;;/h11-12,15-18,21-22H,5-10,13-14,19-20H2,1-4H3;2-7H,1H3;2*1H4. The monoisotopic (exact) mass is 754 g/mol. The molecule has 11 heteroatoms. The molecule has 2 unspecified atom stereocenters. The van der Waals surface area contributed by atoms with E-state index in [1.165, 1.54) is 105 Å². The summed E-state index contributed by atoms with van der Waals surface area (Å²) in [6.45, 7) is 9.33. The van der Waals surface area contributed by atoms with Crippen LogP contribution in [0.1, 0.15) is 105 Å². The second kappa shape index (κ2) is 20.7. The molecule has 0 heterocycles. The van der Waals surface area contributed by atoms with Gasteiger partial charge in [0.05, 0.1) is 6.26 Å². The molecule has 0 saturated heterocycles. The Bertz CT molecular complexity index is 1820. The Morgan fingerprint density at radius 1 is 0.588 bits per heavy atom. The largest absolute Gasteiger partial charge is 0.534 e. The summed E-state index contributed by atoms with van der Waals surface area (Å²) in [6, 6.07) is 21.4. The quantitative estimate of drug-likeness (QED) is 0.0836. The lowest BCUT2D eigenvalue weighted by atomic mass is 9.86. The van der Waals surface area contributed by atoms with Crippen molar-refractivity contribution in [3.8, 4) is 11.5 Å². The Labute approximate surface area is 305 Å². The molecule has 0 saturated carbocycles. The minimum absolute atomic E-state index is 0. The molecule has 286 valence electrons. The number of hydrogen-bond donors (Lipinski definition) is 0. The number of halogens is 3. The summed E-state index contributed by atoms with van der Waals surface area (Å²) in [7, 11) is -9.73. The topological polar surface area (TPSA) is 86.7 Å². The number of fused-ring (bicyclic) bond motifs is 2. The van der Waals surface area contributed by atoms with Crippen LogP contribution in [0, 0.1) is 11.8 Å². The zero-order valence-electron chi connectivity index (χ0n) is 29.1. The van der Waals surface area contributed by atoms with Gasteiger partial charge in [-0.25, -0.2) is 0 Å². The summed E-state index contributed by atoms with van der Waals surface area (Å²) < 4.78 is 90.6. The molecular weight excluding hydrogens is 698 g/mol. The molecule has 4 aromatic carbocycles. The van der Waals surface area contributed by atoms with E-state index in [9.17, 15) is 30.0 Å². The van der Waals surface area contributed by atoms with Crippen LogP contribution in [0.25, 0.3) is 21.5 Å². The molecule has 0 aromatic heterocycles. The van der Waals surface area contributed by atoms with E-state index >= 15 is 0 Å². The lowest BCUT2D eigenvalue weighted by Gasteiger charge is -2.19. The smallest absolute Gasteiger partial charge is 0.382 e. The molecule has 0 fully saturated rings. The van der Waals surface area contributed by atoms with E-state index in [1.807, 2.05) is 0 Å². The molecule has 0 aliphatic heterocycles. The summed E-state index contributed by atoms with van der Waals surface area (Å²) in [5, 5.41) is 3.03. The maximum Gasteiger partial charge on any atom is 0.534 e. The molecule has 4 aromatic rings. The van der Waals surface area contributed by atoms with E-state index in [-0.39, 0.29) is 31.4 Å². The van der Waals surface area contributed by atoms with Gasteiger partial charge in [0.1, 0.15) is 0 Å². The fraction of sp³-hybridized carbons (Fsp3) is 0.500. The van der Waals surface area contributed by atoms with E-state index in [1.54, 1.807) is 11.1 Å². The molecule has 0 aliphatic rings. The number of unbranched alkanes of at least 4 members (excludes halogenated alkanes) is 2. The van der Waals surface area contributed by atoms with E-state index in [2.05, 4.69) is 68.3 Å². The van der Waals surface area contributed by atoms with Crippen molar-refractivity contribution in [3.05, 3.63) is 83.9 Å². The SMILES string of the molecule is C.C.CCCCC(CC)Cc1cccc2c(CC(CC)CCCC)cccc12.CS(=O)(=O)Oc1cccc2c(OS(=O)(=O)C(F)(F)F)cccc12. The molecule has 0 N–H and O–H groups in total. The number of hydrogen-bond acceptors (Lipinski definition) is 6. The van der Waals surface area contributed by atoms with Gasteiger partial charge >= 0.3 is 25.7 Å². The summed E-state index contributed by atoms with van der Waals surface area (Å²) >= 11 is 0. The first-order valence-electron chi connectivity index (χ1n) is 17.0. The average Bonchev–Trinajstić information content (AvgIpc) is 3.04. The molecule has 0 spiro atoms. The Hall–Kier alpha value is -3.31. The van der Waals surface area contributed by atoms with Crippen molar-refractivity contribution in [3.63, 3.8) is 0 Å². The van der Waals surface area contributed by atoms with E-state index < -0.39 is 31.5 Å². The second-order valence-electron chi connectivity index (χ2n) is 12.5. The maximum absolute atomic E-state index is 12.4. The number of alkyl halides is 3. The van der Waals surface area contributed by atoms with Crippen molar-refractivity contribution in [1.29, 1.82) is 0 Å². The predicted molar refractivity (Wildman–Crippen MR) is 206 cm³/mol. The van der Waals surface area contributed by atoms with Gasteiger partial charge in [-0.05, 0) is 58.7 Å². The molecular formula is C40H57F3O6S2. The normalized spacial score (nSPS) is 12.9. The number of rotatable bonds is 16. The van der Waals surface area contributed by atoms with Crippen LogP contribution in [0.5, 0.6) is 11.5 Å². The zero-order valence-corrected chi connectivity index (χ0v) is 30.7. The van der Waals surface area contributed by atoms with Crippen LogP contribution in [0.4, 0.5) is 13.2 Å². The molecule has 0 radical (unpaired) electrons. The highest BCUT2D eigenvalue weighted by atomic mass is 32.2. The van der Waals surface area contributed by atoms with Gasteiger partial charge in [0, 0.05) is 10.8 Å². The van der Waals surface area contributed by atoms with Crippen LogP contribution in [0.3, 0.4) is 0 Å². The van der Waals surface area contributed by atoms with Crippen LogP contribution in [-0.4, -0.2) is 28.6 Å². The third-order valence-electron chi connectivity index (χ3n) is 8.77. The Morgan fingerprint density at radius 3 is 1.31 bits per heavy atom. The van der Waals surface area contributed by atoms with Gasteiger partial charge in [0.2, 0.25) is 0 Å². The van der Waals surface area contributed by atoms with Crippen LogP contribution in [0.15, 0.2) is 72.8 Å². The van der Waals surface area contributed by atoms with Crippen LogP contribution < -0.4 is 8.37 Å². The van der Waals surface area contributed by atoms with Gasteiger partial charge in [-0.3, -0.25) is 0 Å². The number of benzene rings is 4. The van der Waals surface area contributed by atoms with Gasteiger partial charge in [-0.2, -0.15) is 30.0 Å². The van der Waals surface area contributed by atoms with E-state index in [4.69, 9.17) is 4.18 Å². The molecule has 0 amide bonds. The van der Waals surface area contributed by atoms with Gasteiger partial charge < -0.3 is 8.37 Å². The van der Waals surface area contributed by atoms with Crippen molar-refractivity contribution in [1.82, 2.24) is 0 Å². The zero-order chi connectivity index (χ0) is 36.2. The van der Waals surface area contributed by atoms with Gasteiger partial charge in [0.15, 0.2) is 11.5 Å². The van der Waals surface area contributed by atoms with Crippen molar-refractivity contribution >= 4 is 41.8 Å². The molecule has 51 heavy (non-hydrogen) atoms. The molecule has 0 bridgehead atoms. The van der Waals surface area contributed by atoms with Crippen molar-refractivity contribution in [2.45, 2.75) is 112 Å².